The number of nitrogens with two attached hydrogens (primary N) is 1. The number of nitrogens with zero attached hydrogens (tertiary/aromatic N) is 4. The van der Waals surface area contributed by atoms with Crippen molar-refractivity contribution >= 4 is 69.3 Å². The number of amidine groups is 1. The maximum absolute atomic E-state index is 13.5. The van der Waals surface area contributed by atoms with Crippen LogP contribution in [0, 0.1) is 0 Å². The molecule has 0 fully saturated rings. The number of benzene rings is 1. The molecule has 2 aromatic heterocycles. The van der Waals surface area contributed by atoms with Crippen LogP contribution in [0.2, 0.25) is 0 Å². The van der Waals surface area contributed by atoms with E-state index in [1.807, 2.05) is 0 Å². The lowest BCUT2D eigenvalue weighted by atomic mass is 10.1. The van der Waals surface area contributed by atoms with Gasteiger partial charge >= 0.3 is 5.91 Å². The highest BCUT2D eigenvalue weighted by molar-refractivity contribution is 7.85. The highest BCUT2D eigenvalue weighted by Crippen LogP contribution is 2.32. The molecule has 1 aliphatic rings. The third-order valence-corrected chi connectivity index (χ3v) is 9.03. The summed E-state index contributed by atoms with van der Waals surface area (Å²) in [5.41, 5.74) is 10.9. The number of hydrogen-bond acceptors (Lipinski definition) is 7. The number of oxime groups is 1. The zero-order valence-corrected chi connectivity index (χ0v) is 27.4. The standard InChI is InChI=1S/C30H34ClN9O6S/c1-38-15-21(13-24(38)28(42)33-10-8-27(32)37-45)35-29(43)25-14-22(16-39(25)2)36-30(44)26-12-20(17-40(26,3)34-18-41)19-4-6-23(7-5-19)47(46)11-9-31/h4-7,12-18H,8-11H2,1-3H3,(H6-,32,33,34,35,36,37,41,42,43,44,45)/p+1. The molecule has 3 aromatic rings. The summed E-state index contributed by atoms with van der Waals surface area (Å²) in [5, 5.41) is 19.7. The lowest BCUT2D eigenvalue weighted by molar-refractivity contribution is -0.849. The summed E-state index contributed by atoms with van der Waals surface area (Å²) in [6.45, 7) is 0.155. The number of rotatable bonds is 14. The minimum atomic E-state index is -1.22. The normalized spacial score (nSPS) is 16.6. The molecule has 0 spiro atoms. The van der Waals surface area contributed by atoms with E-state index < -0.39 is 28.5 Å². The lowest BCUT2D eigenvalue weighted by Crippen LogP contribution is -2.50. The summed E-state index contributed by atoms with van der Waals surface area (Å²) in [6, 6.07) is 10.0. The van der Waals surface area contributed by atoms with Crippen LogP contribution >= 0.6 is 11.6 Å². The third kappa shape index (κ3) is 8.16. The van der Waals surface area contributed by atoms with Crippen molar-refractivity contribution in [3.05, 3.63) is 83.7 Å². The molecule has 0 saturated heterocycles. The van der Waals surface area contributed by atoms with Crippen molar-refractivity contribution in [3.63, 3.8) is 0 Å². The number of carbonyl (C=O) groups excluding carboxylic acids is 4. The summed E-state index contributed by atoms with van der Waals surface area (Å²) in [6.07, 6.45) is 7.14. The van der Waals surface area contributed by atoms with Crippen molar-refractivity contribution in [2.24, 2.45) is 25.0 Å². The average Bonchev–Trinajstić information content (AvgIpc) is 3.70. The molecule has 0 radical (unpaired) electrons. The number of aryl methyl sites for hydroxylation is 2. The molecule has 0 bridgehead atoms. The Morgan fingerprint density at radius 3 is 2.19 bits per heavy atom. The van der Waals surface area contributed by atoms with Gasteiger partial charge in [0.05, 0.1) is 22.2 Å². The Hall–Kier alpha value is -5.19. The molecule has 1 aliphatic heterocycles. The summed E-state index contributed by atoms with van der Waals surface area (Å²) >= 11 is 5.71. The van der Waals surface area contributed by atoms with E-state index >= 15 is 0 Å². The van der Waals surface area contributed by atoms with Gasteiger partial charge in [-0.25, -0.2) is 0 Å². The maximum atomic E-state index is 13.5. The number of hydrogen-bond donors (Lipinski definition) is 6. The van der Waals surface area contributed by atoms with Crippen LogP contribution in [-0.4, -0.2) is 78.3 Å². The van der Waals surface area contributed by atoms with Gasteiger partial charge in [-0.1, -0.05) is 17.3 Å². The monoisotopic (exact) mass is 684 g/mol. The summed E-state index contributed by atoms with van der Waals surface area (Å²) in [7, 11) is 3.70. The molecule has 47 heavy (non-hydrogen) atoms. The first-order valence-corrected chi connectivity index (χ1v) is 16.0. The quantitative estimate of drug-likeness (QED) is 0.0283. The minimum Gasteiger partial charge on any atom is -0.409 e. The first-order chi connectivity index (χ1) is 22.4. The van der Waals surface area contributed by atoms with Crippen molar-refractivity contribution in [2.45, 2.75) is 11.3 Å². The van der Waals surface area contributed by atoms with Gasteiger partial charge in [0, 0.05) is 67.6 Å². The van der Waals surface area contributed by atoms with Crippen LogP contribution in [-0.2, 0) is 34.5 Å². The first-order valence-electron chi connectivity index (χ1n) is 14.2. The van der Waals surface area contributed by atoms with Crippen LogP contribution in [0.25, 0.3) is 5.57 Å². The second-order valence-corrected chi connectivity index (χ2v) is 12.6. The van der Waals surface area contributed by atoms with E-state index in [2.05, 4.69) is 26.5 Å². The van der Waals surface area contributed by atoms with Crippen molar-refractivity contribution in [1.29, 1.82) is 0 Å². The molecule has 0 aliphatic carbocycles. The number of anilines is 2. The van der Waals surface area contributed by atoms with E-state index in [4.69, 9.17) is 22.5 Å². The number of halogens is 1. The van der Waals surface area contributed by atoms with Crippen LogP contribution < -0.4 is 27.1 Å². The number of amides is 4. The summed E-state index contributed by atoms with van der Waals surface area (Å²) in [4.78, 5) is 51.3. The zero-order chi connectivity index (χ0) is 34.3. The Labute approximate surface area is 277 Å². The predicted molar refractivity (Wildman–Crippen MR) is 178 cm³/mol. The second kappa shape index (κ2) is 14.9. The lowest BCUT2D eigenvalue weighted by Gasteiger charge is -2.25. The Morgan fingerprint density at radius 2 is 1.62 bits per heavy atom. The molecule has 2 unspecified atom stereocenters. The van der Waals surface area contributed by atoms with Gasteiger partial charge in [0.2, 0.25) is 5.70 Å². The molecule has 2 atom stereocenters. The molecular formula is C30H35ClN9O6S+. The average molecular weight is 685 g/mol. The predicted octanol–water partition coefficient (Wildman–Crippen LogP) is 1.81. The molecule has 3 heterocycles. The molecule has 4 amide bonds. The van der Waals surface area contributed by atoms with Crippen molar-refractivity contribution in [1.82, 2.24) is 19.9 Å². The highest BCUT2D eigenvalue weighted by atomic mass is 35.5. The Kier molecular flexibility index (Phi) is 11.0. The number of quaternary nitrogens is 1. The van der Waals surface area contributed by atoms with Crippen LogP contribution in [0.5, 0.6) is 0 Å². The van der Waals surface area contributed by atoms with E-state index in [9.17, 15) is 23.4 Å². The fraction of sp³-hybridized carbons (Fsp3) is 0.233. The van der Waals surface area contributed by atoms with Gasteiger partial charge in [0.15, 0.2) is 0 Å². The van der Waals surface area contributed by atoms with Gasteiger partial charge in [-0.05, 0) is 29.8 Å². The van der Waals surface area contributed by atoms with Gasteiger partial charge in [0.25, 0.3) is 18.2 Å². The van der Waals surface area contributed by atoms with Crippen molar-refractivity contribution in [3.8, 4) is 0 Å². The van der Waals surface area contributed by atoms with Gasteiger partial charge in [-0.15, -0.1) is 11.6 Å². The van der Waals surface area contributed by atoms with E-state index in [0.29, 0.717) is 34.0 Å². The number of likely N-dealkylation sites (N-methyl/N-ethyl adjacent to an activating group) is 1. The molecule has 7 N–H and O–H groups in total. The van der Waals surface area contributed by atoms with E-state index in [1.165, 1.54) is 16.7 Å². The maximum Gasteiger partial charge on any atom is 0.312 e. The highest BCUT2D eigenvalue weighted by Gasteiger charge is 2.38. The van der Waals surface area contributed by atoms with Crippen LogP contribution in [0.15, 0.2) is 76.8 Å². The van der Waals surface area contributed by atoms with Gasteiger partial charge < -0.3 is 36.0 Å². The van der Waals surface area contributed by atoms with Crippen LogP contribution in [0.3, 0.4) is 0 Å². The Morgan fingerprint density at radius 1 is 1.02 bits per heavy atom. The fourth-order valence-corrected chi connectivity index (χ4v) is 6.09. The van der Waals surface area contributed by atoms with Crippen molar-refractivity contribution in [2.75, 3.05) is 35.9 Å². The SMILES string of the molecule is Cn1cc(NC(=O)c2cc(NC(=O)C3=CC(c4ccc(S(=O)CCCl)cc4)=C[N+]3(C)NC=O)cn2C)cc1C(=O)NCCC(N)=NO. The van der Waals surface area contributed by atoms with Crippen molar-refractivity contribution < 1.29 is 33.2 Å². The molecule has 248 valence electrons. The largest absolute Gasteiger partial charge is 0.409 e. The minimum absolute atomic E-state index is 0.0177. The van der Waals surface area contributed by atoms with E-state index in [-0.39, 0.29) is 46.4 Å². The van der Waals surface area contributed by atoms with Gasteiger partial charge in [-0.3, -0.25) is 23.4 Å². The van der Waals surface area contributed by atoms with Gasteiger partial charge in [-0.2, -0.15) is 10.0 Å². The fourth-order valence-electron chi connectivity index (χ4n) is 4.86. The second-order valence-electron chi connectivity index (χ2n) is 10.7. The number of carbonyl (C=O) groups is 4. The topological polar surface area (TPSA) is 202 Å². The smallest absolute Gasteiger partial charge is 0.312 e. The van der Waals surface area contributed by atoms with Crippen LogP contribution in [0.4, 0.5) is 11.4 Å². The molecule has 17 heteroatoms. The molecule has 1 aromatic carbocycles. The molecular weight excluding hydrogens is 650 g/mol. The summed E-state index contributed by atoms with van der Waals surface area (Å²) in [5.74, 6) is -0.822. The van der Waals surface area contributed by atoms with E-state index in [1.54, 1.807) is 74.6 Å². The molecule has 15 nitrogen and oxygen atoms in total. The Balaban J connectivity index is 1.46. The molecule has 0 saturated carbocycles. The summed E-state index contributed by atoms with van der Waals surface area (Å²) < 4.78 is 15.0. The van der Waals surface area contributed by atoms with E-state index in [0.717, 1.165) is 5.56 Å². The van der Waals surface area contributed by atoms with Gasteiger partial charge in [0.1, 0.15) is 30.5 Å². The Bertz CT molecular complexity index is 1810. The zero-order valence-electron chi connectivity index (χ0n) is 25.8. The number of nitrogens with one attached hydrogen (secondary N) is 4. The third-order valence-electron chi connectivity index (χ3n) is 7.24. The number of allylic oxidation sites excluding steroid dienone is 2. The first kappa shape index (κ1) is 34.7. The number of alkyl halides is 1. The van der Waals surface area contributed by atoms with Crippen LogP contribution in [0.1, 0.15) is 33.0 Å². The molecule has 4 rings (SSSR count). The number of aromatic nitrogens is 2.